The zero-order valence-electron chi connectivity index (χ0n) is 30.3. The molecule has 53 heavy (non-hydrogen) atoms. The predicted octanol–water partition coefficient (Wildman–Crippen LogP) is 10.1. The largest absolute Gasteiger partial charge is 0.319 e. The van der Waals surface area contributed by atoms with E-state index in [4.69, 9.17) is 0 Å². The SMILES string of the molecule is CC(C)(C)c1cc2[n+]3c(c1)-n1c4ccccc4c4cc5c6ccccc6n6c5c(c41)C31c3c(cccc3-6)N3c4ccccc4C(C)(C)c4ccc-2[n+]1c43. The maximum absolute atomic E-state index is 2.79. The first-order valence-electron chi connectivity index (χ1n) is 19.0. The molecule has 0 N–H and O–H groups in total. The Kier molecular flexibility index (Phi) is 4.17. The van der Waals surface area contributed by atoms with Crippen LogP contribution in [-0.4, -0.2) is 9.13 Å². The van der Waals surface area contributed by atoms with Crippen LogP contribution in [0.3, 0.4) is 0 Å². The van der Waals surface area contributed by atoms with Gasteiger partial charge in [0.25, 0.3) is 11.6 Å². The van der Waals surface area contributed by atoms with Gasteiger partial charge in [-0.05, 0) is 71.6 Å². The zero-order valence-corrected chi connectivity index (χ0v) is 30.3. The molecule has 0 saturated carbocycles. The molecule has 0 fully saturated rings. The molecule has 250 valence electrons. The summed E-state index contributed by atoms with van der Waals surface area (Å²) < 4.78 is 10.8. The van der Waals surface area contributed by atoms with E-state index >= 15 is 0 Å². The average molecular weight is 682 g/mol. The van der Waals surface area contributed by atoms with Gasteiger partial charge in [-0.3, -0.25) is 0 Å². The normalized spacial score (nSPS) is 18.5. The fourth-order valence-corrected chi connectivity index (χ4v) is 11.5. The number of aromatic nitrogens is 4. The van der Waals surface area contributed by atoms with E-state index in [1.807, 2.05) is 0 Å². The third-order valence-corrected chi connectivity index (χ3v) is 13.6. The van der Waals surface area contributed by atoms with Gasteiger partial charge < -0.3 is 4.57 Å². The van der Waals surface area contributed by atoms with Gasteiger partial charge in [0.2, 0.25) is 0 Å². The van der Waals surface area contributed by atoms with Crippen molar-refractivity contribution in [2.45, 2.75) is 51.1 Å². The quantitative estimate of drug-likeness (QED) is 0.146. The van der Waals surface area contributed by atoms with Crippen molar-refractivity contribution in [3.8, 4) is 22.9 Å². The molecule has 0 aliphatic carbocycles. The Bertz CT molecular complexity index is 3310. The number of rotatable bonds is 0. The molecule has 0 saturated heterocycles. The number of benzene rings is 5. The Labute approximate surface area is 306 Å². The first-order chi connectivity index (χ1) is 25.7. The van der Waals surface area contributed by atoms with Crippen LogP contribution in [0.5, 0.6) is 0 Å². The number of para-hydroxylation sites is 3. The molecule has 0 radical (unpaired) electrons. The highest BCUT2D eigenvalue weighted by Crippen LogP contribution is 2.62. The third-order valence-electron chi connectivity index (χ3n) is 13.6. The van der Waals surface area contributed by atoms with Gasteiger partial charge >= 0.3 is 5.66 Å². The second-order valence-corrected chi connectivity index (χ2v) is 17.4. The predicted molar refractivity (Wildman–Crippen MR) is 212 cm³/mol. The Morgan fingerprint density at radius 2 is 1.19 bits per heavy atom. The monoisotopic (exact) mass is 681 g/mol. The summed E-state index contributed by atoms with van der Waals surface area (Å²) in [6, 6.07) is 46.7. The fourth-order valence-electron chi connectivity index (χ4n) is 11.5. The zero-order chi connectivity index (χ0) is 35.1. The van der Waals surface area contributed by atoms with Gasteiger partial charge in [-0.25, -0.2) is 0 Å². The summed E-state index contributed by atoms with van der Waals surface area (Å²) in [5.74, 6) is 2.51. The summed E-state index contributed by atoms with van der Waals surface area (Å²) in [6.07, 6.45) is 0. The lowest BCUT2D eigenvalue weighted by atomic mass is 9.72. The van der Waals surface area contributed by atoms with Crippen molar-refractivity contribution in [2.24, 2.45) is 0 Å². The molecule has 1 spiro atoms. The molecule has 1 unspecified atom stereocenters. The number of hydrogen-bond acceptors (Lipinski definition) is 1. The summed E-state index contributed by atoms with van der Waals surface area (Å²) >= 11 is 0. The third kappa shape index (κ3) is 2.60. The van der Waals surface area contributed by atoms with E-state index in [2.05, 4.69) is 179 Å². The van der Waals surface area contributed by atoms with Crippen molar-refractivity contribution >= 4 is 60.8 Å². The summed E-state index contributed by atoms with van der Waals surface area (Å²) in [6.45, 7) is 11.9. The van der Waals surface area contributed by atoms with Crippen molar-refractivity contribution in [2.75, 3.05) is 4.90 Å². The summed E-state index contributed by atoms with van der Waals surface area (Å²) in [5.41, 5.74) is 17.3. The Hall–Kier alpha value is -6.20. The van der Waals surface area contributed by atoms with Crippen LogP contribution in [0.1, 0.15) is 62.4 Å². The molecule has 5 heteroatoms. The Balaban J connectivity index is 1.35. The molecule has 9 aromatic rings. The van der Waals surface area contributed by atoms with Gasteiger partial charge in [0.05, 0.1) is 22.3 Å². The molecule has 0 amide bonds. The first kappa shape index (κ1) is 27.5. The lowest BCUT2D eigenvalue weighted by Crippen LogP contribution is -2.76. The molecule has 5 nitrogen and oxygen atoms in total. The smallest absolute Gasteiger partial charge is 0.308 e. The van der Waals surface area contributed by atoms with Gasteiger partial charge in [0.1, 0.15) is 28.0 Å². The van der Waals surface area contributed by atoms with Crippen LogP contribution in [0.15, 0.2) is 121 Å². The molecule has 5 aliphatic rings. The number of pyridine rings is 2. The molecule has 1 atom stereocenters. The number of anilines is 3. The second kappa shape index (κ2) is 8.06. The number of fused-ring (bicyclic) bond motifs is 12. The van der Waals surface area contributed by atoms with E-state index in [1.165, 1.54) is 112 Å². The number of nitrogens with zero attached hydrogens (tertiary/aromatic N) is 5. The minimum Gasteiger partial charge on any atom is -0.308 e. The van der Waals surface area contributed by atoms with E-state index in [0.29, 0.717) is 0 Å². The molecule has 9 heterocycles. The van der Waals surface area contributed by atoms with Crippen LogP contribution in [0.2, 0.25) is 0 Å². The van der Waals surface area contributed by atoms with Gasteiger partial charge in [-0.15, -0.1) is 0 Å². The van der Waals surface area contributed by atoms with Crippen molar-refractivity contribution in [1.29, 1.82) is 0 Å². The maximum Gasteiger partial charge on any atom is 0.319 e. The lowest BCUT2D eigenvalue weighted by molar-refractivity contribution is -0.931. The van der Waals surface area contributed by atoms with E-state index in [9.17, 15) is 0 Å². The Morgan fingerprint density at radius 3 is 1.96 bits per heavy atom. The van der Waals surface area contributed by atoms with E-state index in [-0.39, 0.29) is 10.8 Å². The molecule has 4 aromatic heterocycles. The topological polar surface area (TPSA) is 20.9 Å². The van der Waals surface area contributed by atoms with Crippen molar-refractivity contribution in [3.63, 3.8) is 0 Å². The average Bonchev–Trinajstić information content (AvgIpc) is 3.79. The van der Waals surface area contributed by atoms with E-state index in [1.54, 1.807) is 0 Å². The van der Waals surface area contributed by atoms with E-state index in [0.717, 1.165) is 0 Å². The molecule has 5 aromatic carbocycles. The number of hydrogen-bond donors (Lipinski definition) is 0. The van der Waals surface area contributed by atoms with Gasteiger partial charge in [-0.2, -0.15) is 18.6 Å². The highest BCUT2D eigenvalue weighted by Gasteiger charge is 2.70. The van der Waals surface area contributed by atoms with Crippen LogP contribution in [0.25, 0.3) is 66.5 Å². The van der Waals surface area contributed by atoms with E-state index < -0.39 is 5.66 Å². The molecule has 14 rings (SSSR count). The molecule has 0 bridgehead atoms. The standard InChI is InChI=1S/C48H35N5/c1-46(2,3)26-23-39-36-22-21-32-45-50(35-18-11-8-15-31(35)47(32,4)5)38-20-12-19-37-41(38)48(53(36)45)42-43-29(27-13-6-9-16-33(27)49(37)43)25-30-28-14-7-10-17-34(28)51(44(30)42)40(24-26)52(39)48/h6-25H,1-5H3/q+2. The second-order valence-electron chi connectivity index (χ2n) is 17.4. The fraction of sp³-hybridized carbons (Fsp3) is 0.167. The minimum absolute atomic E-state index is 0.0532. The highest BCUT2D eigenvalue weighted by atomic mass is 15.5. The minimum atomic E-state index is -0.654. The van der Waals surface area contributed by atoms with Crippen molar-refractivity contribution in [1.82, 2.24) is 9.13 Å². The van der Waals surface area contributed by atoms with Gasteiger partial charge in [0, 0.05) is 38.6 Å². The van der Waals surface area contributed by atoms with Gasteiger partial charge in [-0.1, -0.05) is 89.2 Å². The maximum atomic E-state index is 2.79. The van der Waals surface area contributed by atoms with Crippen LogP contribution >= 0.6 is 0 Å². The lowest BCUT2D eigenvalue weighted by Gasteiger charge is -2.45. The molecular formula is C48H35N5+2. The summed E-state index contributed by atoms with van der Waals surface area (Å²) in [7, 11) is 0. The van der Waals surface area contributed by atoms with Crippen LogP contribution in [0, 0.1) is 0 Å². The van der Waals surface area contributed by atoms with Crippen LogP contribution in [0.4, 0.5) is 17.2 Å². The Morgan fingerprint density at radius 1 is 0.528 bits per heavy atom. The van der Waals surface area contributed by atoms with Crippen molar-refractivity contribution < 1.29 is 9.13 Å². The van der Waals surface area contributed by atoms with Crippen molar-refractivity contribution in [3.05, 3.63) is 149 Å². The molecular weight excluding hydrogens is 647 g/mol. The first-order valence-corrected chi connectivity index (χ1v) is 19.0. The van der Waals surface area contributed by atoms with Gasteiger partial charge in [0.15, 0.2) is 16.9 Å². The summed E-state index contributed by atoms with van der Waals surface area (Å²) in [5, 5.41) is 5.24. The van der Waals surface area contributed by atoms with Crippen LogP contribution in [-0.2, 0) is 16.5 Å². The molecule has 5 aliphatic heterocycles. The highest BCUT2D eigenvalue weighted by molar-refractivity contribution is 6.22. The summed E-state index contributed by atoms with van der Waals surface area (Å²) in [4.78, 5) is 2.61. The van der Waals surface area contributed by atoms with Crippen LogP contribution < -0.4 is 14.0 Å².